The minimum atomic E-state index is -0.0487. The summed E-state index contributed by atoms with van der Waals surface area (Å²) >= 11 is 6.00. The molecule has 0 amide bonds. The summed E-state index contributed by atoms with van der Waals surface area (Å²) in [4.78, 5) is 0. The molecule has 0 aliphatic carbocycles. The second kappa shape index (κ2) is 3.67. The number of hydrogen-bond donors (Lipinski definition) is 1. The van der Waals surface area contributed by atoms with E-state index in [4.69, 9.17) is 26.8 Å². The summed E-state index contributed by atoms with van der Waals surface area (Å²) < 4.78 is 10.7. The van der Waals surface area contributed by atoms with Gasteiger partial charge >= 0.3 is 0 Å². The summed E-state index contributed by atoms with van der Waals surface area (Å²) in [5, 5.41) is 0.593. The molecule has 1 aliphatic rings. The van der Waals surface area contributed by atoms with E-state index in [2.05, 4.69) is 0 Å². The molecule has 2 N–H and O–H groups in total. The van der Waals surface area contributed by atoms with Gasteiger partial charge in [-0.3, -0.25) is 0 Å². The van der Waals surface area contributed by atoms with Crippen LogP contribution < -0.4 is 15.2 Å². The van der Waals surface area contributed by atoms with E-state index >= 15 is 0 Å². The Morgan fingerprint density at radius 1 is 1.57 bits per heavy atom. The van der Waals surface area contributed by atoms with Crippen LogP contribution in [0.15, 0.2) is 12.1 Å². The Balaban J connectivity index is 2.58. The van der Waals surface area contributed by atoms with Gasteiger partial charge < -0.3 is 15.2 Å². The van der Waals surface area contributed by atoms with Crippen molar-refractivity contribution in [3.8, 4) is 11.5 Å². The monoisotopic (exact) mass is 213 g/mol. The first-order chi connectivity index (χ1) is 6.74. The predicted octanol–water partition coefficient (Wildman–Crippen LogP) is 2.13. The minimum absolute atomic E-state index is 0.0487. The van der Waals surface area contributed by atoms with Crippen LogP contribution in [0.2, 0.25) is 5.02 Å². The van der Waals surface area contributed by atoms with Gasteiger partial charge in [0.2, 0.25) is 0 Å². The van der Waals surface area contributed by atoms with Crippen molar-refractivity contribution < 1.29 is 9.47 Å². The van der Waals surface area contributed by atoms with Crippen LogP contribution in [0.3, 0.4) is 0 Å². The Kier molecular flexibility index (Phi) is 2.52. The second-order valence-corrected chi connectivity index (χ2v) is 3.64. The number of hydrogen-bond acceptors (Lipinski definition) is 3. The van der Waals surface area contributed by atoms with Crippen LogP contribution in [0.25, 0.3) is 0 Å². The average Bonchev–Trinajstić information content (AvgIpc) is 2.20. The fraction of sp³-hybridized carbons (Fsp3) is 0.400. The maximum atomic E-state index is 6.00. The lowest BCUT2D eigenvalue weighted by atomic mass is 10.0. The molecule has 1 atom stereocenters. The molecule has 0 saturated heterocycles. The fourth-order valence-corrected chi connectivity index (χ4v) is 1.88. The van der Waals surface area contributed by atoms with E-state index in [1.54, 1.807) is 13.2 Å². The highest BCUT2D eigenvalue weighted by molar-refractivity contribution is 6.32. The fourth-order valence-electron chi connectivity index (χ4n) is 1.66. The molecule has 14 heavy (non-hydrogen) atoms. The van der Waals surface area contributed by atoms with Crippen molar-refractivity contribution in [2.24, 2.45) is 5.73 Å². The third-order valence-electron chi connectivity index (χ3n) is 2.37. The molecule has 0 aromatic heterocycles. The highest BCUT2D eigenvalue weighted by Gasteiger charge is 2.24. The van der Waals surface area contributed by atoms with Crippen LogP contribution in [0.4, 0.5) is 0 Å². The third kappa shape index (κ3) is 1.42. The van der Waals surface area contributed by atoms with Gasteiger partial charge in [-0.25, -0.2) is 0 Å². The molecule has 0 spiro atoms. The number of ether oxygens (including phenoxy) is 2. The molecular formula is C10H12ClNO2. The maximum Gasteiger partial charge on any atom is 0.146 e. The third-order valence-corrected chi connectivity index (χ3v) is 2.67. The number of benzene rings is 1. The smallest absolute Gasteiger partial charge is 0.146 e. The SMILES string of the molecule is COc1ccc(Cl)c2c1[C@@H](N)CCO2. The highest BCUT2D eigenvalue weighted by atomic mass is 35.5. The Bertz CT molecular complexity index is 354. The standard InChI is InChI=1S/C10H12ClNO2/c1-13-8-3-2-6(11)10-9(8)7(12)4-5-14-10/h2-3,7H,4-5,12H2,1H3/t7-/m0/s1. The quantitative estimate of drug-likeness (QED) is 0.777. The highest BCUT2D eigenvalue weighted by Crippen LogP contribution is 2.42. The van der Waals surface area contributed by atoms with Crippen LogP contribution in [-0.4, -0.2) is 13.7 Å². The van der Waals surface area contributed by atoms with Gasteiger partial charge in [0.1, 0.15) is 11.5 Å². The molecule has 1 aromatic carbocycles. The van der Waals surface area contributed by atoms with Gasteiger partial charge in [-0.1, -0.05) is 11.6 Å². The molecule has 0 saturated carbocycles. The molecule has 0 radical (unpaired) electrons. The topological polar surface area (TPSA) is 44.5 Å². The zero-order chi connectivity index (χ0) is 10.1. The van der Waals surface area contributed by atoms with Crippen LogP contribution in [0.5, 0.6) is 11.5 Å². The number of fused-ring (bicyclic) bond motifs is 1. The molecule has 1 heterocycles. The summed E-state index contributed by atoms with van der Waals surface area (Å²) in [6.45, 7) is 0.612. The number of rotatable bonds is 1. The van der Waals surface area contributed by atoms with Gasteiger partial charge in [-0.15, -0.1) is 0 Å². The van der Waals surface area contributed by atoms with Crippen LogP contribution in [0.1, 0.15) is 18.0 Å². The van der Waals surface area contributed by atoms with Crippen LogP contribution in [-0.2, 0) is 0 Å². The number of nitrogens with two attached hydrogens (primary N) is 1. The lowest BCUT2D eigenvalue weighted by molar-refractivity contribution is 0.263. The van der Waals surface area contributed by atoms with E-state index in [0.717, 1.165) is 17.7 Å². The summed E-state index contributed by atoms with van der Waals surface area (Å²) in [5.41, 5.74) is 6.85. The predicted molar refractivity (Wildman–Crippen MR) is 55.0 cm³/mol. The molecular weight excluding hydrogens is 202 g/mol. The van der Waals surface area contributed by atoms with Gasteiger partial charge in [0.15, 0.2) is 0 Å². The van der Waals surface area contributed by atoms with E-state index in [1.807, 2.05) is 6.07 Å². The zero-order valence-electron chi connectivity index (χ0n) is 7.92. The molecule has 1 aliphatic heterocycles. The number of halogens is 1. The van der Waals surface area contributed by atoms with Crippen LogP contribution in [0, 0.1) is 0 Å². The van der Waals surface area contributed by atoms with Crippen molar-refractivity contribution in [1.29, 1.82) is 0 Å². The first kappa shape index (κ1) is 9.62. The molecule has 0 bridgehead atoms. The van der Waals surface area contributed by atoms with E-state index in [-0.39, 0.29) is 6.04 Å². The maximum absolute atomic E-state index is 6.00. The summed E-state index contributed by atoms with van der Waals surface area (Å²) in [7, 11) is 1.62. The molecule has 0 fully saturated rings. The van der Waals surface area contributed by atoms with Crippen molar-refractivity contribution in [2.45, 2.75) is 12.5 Å². The molecule has 3 nitrogen and oxygen atoms in total. The largest absolute Gasteiger partial charge is 0.496 e. The van der Waals surface area contributed by atoms with Gasteiger partial charge in [0.25, 0.3) is 0 Å². The van der Waals surface area contributed by atoms with Crippen molar-refractivity contribution in [2.75, 3.05) is 13.7 Å². The summed E-state index contributed by atoms with van der Waals surface area (Å²) in [6, 6.07) is 3.53. The first-order valence-electron chi connectivity index (χ1n) is 4.49. The molecule has 4 heteroatoms. The normalized spacial score (nSPS) is 19.8. The van der Waals surface area contributed by atoms with E-state index in [9.17, 15) is 0 Å². The first-order valence-corrected chi connectivity index (χ1v) is 4.86. The van der Waals surface area contributed by atoms with Crippen molar-refractivity contribution in [3.05, 3.63) is 22.7 Å². The summed E-state index contributed by atoms with van der Waals surface area (Å²) in [5.74, 6) is 1.42. The summed E-state index contributed by atoms with van der Waals surface area (Å²) in [6.07, 6.45) is 0.795. The van der Waals surface area contributed by atoms with Crippen LogP contribution >= 0.6 is 11.6 Å². The Hall–Kier alpha value is -0.930. The Labute approximate surface area is 87.8 Å². The molecule has 1 aromatic rings. The van der Waals surface area contributed by atoms with Crippen molar-refractivity contribution >= 4 is 11.6 Å². The van der Waals surface area contributed by atoms with E-state index < -0.39 is 0 Å². The van der Waals surface area contributed by atoms with Gasteiger partial charge in [0.05, 0.1) is 24.3 Å². The van der Waals surface area contributed by atoms with Crippen molar-refractivity contribution in [1.82, 2.24) is 0 Å². The lowest BCUT2D eigenvalue weighted by Gasteiger charge is -2.25. The molecule has 0 unspecified atom stereocenters. The zero-order valence-corrected chi connectivity index (χ0v) is 8.67. The number of methoxy groups -OCH3 is 1. The van der Waals surface area contributed by atoms with Gasteiger partial charge in [-0.05, 0) is 12.1 Å². The Morgan fingerprint density at radius 3 is 3.07 bits per heavy atom. The van der Waals surface area contributed by atoms with E-state index in [1.165, 1.54) is 0 Å². The lowest BCUT2D eigenvalue weighted by Crippen LogP contribution is -2.21. The van der Waals surface area contributed by atoms with E-state index in [0.29, 0.717) is 17.4 Å². The average molecular weight is 214 g/mol. The van der Waals surface area contributed by atoms with Gasteiger partial charge in [0, 0.05) is 12.5 Å². The minimum Gasteiger partial charge on any atom is -0.496 e. The molecule has 76 valence electrons. The Morgan fingerprint density at radius 2 is 2.36 bits per heavy atom. The second-order valence-electron chi connectivity index (χ2n) is 3.24. The van der Waals surface area contributed by atoms with Gasteiger partial charge in [-0.2, -0.15) is 0 Å². The van der Waals surface area contributed by atoms with Crippen molar-refractivity contribution in [3.63, 3.8) is 0 Å². The molecule has 2 rings (SSSR count).